The molecule has 0 unspecified atom stereocenters. The molecule has 0 aliphatic rings. The van der Waals surface area contributed by atoms with Gasteiger partial charge >= 0.3 is 0 Å². The second-order valence-corrected chi connectivity index (χ2v) is 3.37. The van der Waals surface area contributed by atoms with Crippen molar-refractivity contribution in [2.45, 2.75) is 20.8 Å². The van der Waals surface area contributed by atoms with Gasteiger partial charge in [-0.3, -0.25) is 4.57 Å². The van der Waals surface area contributed by atoms with Crippen LogP contribution in [0.25, 0.3) is 5.95 Å². The highest BCUT2D eigenvalue weighted by molar-refractivity contribution is 5.19. The number of rotatable bonds is 1. The Morgan fingerprint density at radius 2 is 1.64 bits per heavy atom. The standard InChI is InChI=1S/C10H12N4/c1-7-4-8(2)13-10(12-7)14-5-9(3)11-6-14/h4-6H,1-3H3. The predicted molar refractivity (Wildman–Crippen MR) is 53.4 cm³/mol. The van der Waals surface area contributed by atoms with E-state index in [1.165, 1.54) is 0 Å². The van der Waals surface area contributed by atoms with Crippen molar-refractivity contribution < 1.29 is 0 Å². The maximum atomic E-state index is 4.33. The summed E-state index contributed by atoms with van der Waals surface area (Å²) in [4.78, 5) is 12.8. The average Bonchev–Trinajstić information content (AvgIpc) is 2.50. The van der Waals surface area contributed by atoms with Gasteiger partial charge in [0, 0.05) is 17.6 Å². The van der Waals surface area contributed by atoms with Gasteiger partial charge in [0.25, 0.3) is 0 Å². The molecular weight excluding hydrogens is 176 g/mol. The molecule has 0 aromatic carbocycles. The zero-order valence-electron chi connectivity index (χ0n) is 8.52. The molecule has 0 aliphatic carbocycles. The fourth-order valence-corrected chi connectivity index (χ4v) is 1.35. The Labute approximate surface area is 82.7 Å². The number of hydrogen-bond donors (Lipinski definition) is 0. The lowest BCUT2D eigenvalue weighted by molar-refractivity contribution is 0.893. The summed E-state index contributed by atoms with van der Waals surface area (Å²) in [6.45, 7) is 5.86. The van der Waals surface area contributed by atoms with Crippen LogP contribution < -0.4 is 0 Å². The van der Waals surface area contributed by atoms with E-state index < -0.39 is 0 Å². The number of nitrogens with zero attached hydrogens (tertiary/aromatic N) is 4. The summed E-state index contributed by atoms with van der Waals surface area (Å²) >= 11 is 0. The minimum absolute atomic E-state index is 0.683. The maximum Gasteiger partial charge on any atom is 0.235 e. The molecule has 2 aromatic heterocycles. The molecule has 0 spiro atoms. The molecule has 72 valence electrons. The van der Waals surface area contributed by atoms with Crippen LogP contribution in [0.5, 0.6) is 0 Å². The van der Waals surface area contributed by atoms with E-state index in [0.717, 1.165) is 17.1 Å². The third-order valence-corrected chi connectivity index (χ3v) is 1.91. The van der Waals surface area contributed by atoms with Gasteiger partial charge in [0.15, 0.2) is 0 Å². The third-order valence-electron chi connectivity index (χ3n) is 1.91. The van der Waals surface area contributed by atoms with Crippen LogP contribution in [0, 0.1) is 20.8 Å². The van der Waals surface area contributed by atoms with Crippen LogP contribution in [0.2, 0.25) is 0 Å². The minimum Gasteiger partial charge on any atom is -0.274 e. The second kappa shape index (κ2) is 3.21. The number of imidazole rings is 1. The molecule has 0 aliphatic heterocycles. The van der Waals surface area contributed by atoms with Gasteiger partial charge in [-0.05, 0) is 26.8 Å². The molecule has 0 radical (unpaired) electrons. The predicted octanol–water partition coefficient (Wildman–Crippen LogP) is 1.59. The van der Waals surface area contributed by atoms with Crippen LogP contribution in [0.1, 0.15) is 17.1 Å². The number of aromatic nitrogens is 4. The first kappa shape index (κ1) is 8.87. The van der Waals surface area contributed by atoms with E-state index in [1.807, 2.05) is 37.6 Å². The van der Waals surface area contributed by atoms with Gasteiger partial charge in [0.1, 0.15) is 6.33 Å². The topological polar surface area (TPSA) is 43.6 Å². The van der Waals surface area contributed by atoms with Crippen LogP contribution in [-0.2, 0) is 0 Å². The van der Waals surface area contributed by atoms with E-state index in [1.54, 1.807) is 6.33 Å². The van der Waals surface area contributed by atoms with Crippen LogP contribution in [0.15, 0.2) is 18.6 Å². The van der Waals surface area contributed by atoms with E-state index >= 15 is 0 Å². The third kappa shape index (κ3) is 1.64. The molecule has 4 nitrogen and oxygen atoms in total. The smallest absolute Gasteiger partial charge is 0.235 e. The van der Waals surface area contributed by atoms with E-state index in [-0.39, 0.29) is 0 Å². The number of hydrogen-bond acceptors (Lipinski definition) is 3. The van der Waals surface area contributed by atoms with Crippen LogP contribution in [-0.4, -0.2) is 19.5 Å². The Morgan fingerprint density at radius 1 is 1.00 bits per heavy atom. The molecule has 0 amide bonds. The second-order valence-electron chi connectivity index (χ2n) is 3.37. The summed E-state index contributed by atoms with van der Waals surface area (Å²) in [5.74, 6) is 0.683. The minimum atomic E-state index is 0.683. The molecule has 14 heavy (non-hydrogen) atoms. The van der Waals surface area contributed by atoms with Crippen molar-refractivity contribution in [1.82, 2.24) is 19.5 Å². The zero-order chi connectivity index (χ0) is 10.1. The van der Waals surface area contributed by atoms with Crippen molar-refractivity contribution in [2.24, 2.45) is 0 Å². The highest BCUT2D eigenvalue weighted by Gasteiger charge is 2.02. The Morgan fingerprint density at radius 3 is 2.14 bits per heavy atom. The molecule has 0 atom stereocenters. The Balaban J connectivity index is 2.51. The fraction of sp³-hybridized carbons (Fsp3) is 0.300. The van der Waals surface area contributed by atoms with Gasteiger partial charge in [0.05, 0.1) is 5.69 Å². The summed E-state index contributed by atoms with van der Waals surface area (Å²) in [6.07, 6.45) is 3.64. The Kier molecular flexibility index (Phi) is 2.04. The van der Waals surface area contributed by atoms with Crippen molar-refractivity contribution >= 4 is 0 Å². The van der Waals surface area contributed by atoms with Crippen LogP contribution in [0.4, 0.5) is 0 Å². The SMILES string of the molecule is Cc1cn(-c2nc(C)cc(C)n2)cn1. The molecule has 0 fully saturated rings. The zero-order valence-corrected chi connectivity index (χ0v) is 8.52. The average molecular weight is 188 g/mol. The van der Waals surface area contributed by atoms with Crippen molar-refractivity contribution in [2.75, 3.05) is 0 Å². The van der Waals surface area contributed by atoms with E-state index in [0.29, 0.717) is 5.95 Å². The summed E-state index contributed by atoms with van der Waals surface area (Å²) in [7, 11) is 0. The monoisotopic (exact) mass is 188 g/mol. The van der Waals surface area contributed by atoms with E-state index in [2.05, 4.69) is 15.0 Å². The lowest BCUT2D eigenvalue weighted by Crippen LogP contribution is -2.01. The van der Waals surface area contributed by atoms with Gasteiger partial charge in [-0.15, -0.1) is 0 Å². The summed E-state index contributed by atoms with van der Waals surface area (Å²) in [6, 6.07) is 1.95. The number of aryl methyl sites for hydroxylation is 3. The molecule has 0 saturated heterocycles. The maximum absolute atomic E-state index is 4.33. The summed E-state index contributed by atoms with van der Waals surface area (Å²) in [5.41, 5.74) is 2.91. The fourth-order valence-electron chi connectivity index (χ4n) is 1.35. The van der Waals surface area contributed by atoms with Crippen molar-refractivity contribution in [3.63, 3.8) is 0 Å². The molecular formula is C10H12N4. The lowest BCUT2D eigenvalue weighted by Gasteiger charge is -2.02. The van der Waals surface area contributed by atoms with Crippen LogP contribution in [0.3, 0.4) is 0 Å². The Hall–Kier alpha value is -1.71. The molecule has 0 saturated carbocycles. The molecule has 2 aromatic rings. The van der Waals surface area contributed by atoms with Crippen molar-refractivity contribution in [3.05, 3.63) is 35.7 Å². The first-order valence-corrected chi connectivity index (χ1v) is 4.48. The van der Waals surface area contributed by atoms with E-state index in [4.69, 9.17) is 0 Å². The largest absolute Gasteiger partial charge is 0.274 e. The van der Waals surface area contributed by atoms with Gasteiger partial charge in [-0.25, -0.2) is 15.0 Å². The van der Waals surface area contributed by atoms with Crippen molar-refractivity contribution in [3.8, 4) is 5.95 Å². The molecule has 0 bridgehead atoms. The lowest BCUT2D eigenvalue weighted by atomic mass is 10.4. The van der Waals surface area contributed by atoms with Gasteiger partial charge < -0.3 is 0 Å². The highest BCUT2D eigenvalue weighted by Crippen LogP contribution is 2.05. The van der Waals surface area contributed by atoms with E-state index in [9.17, 15) is 0 Å². The normalized spacial score (nSPS) is 10.5. The van der Waals surface area contributed by atoms with Gasteiger partial charge in [0.2, 0.25) is 5.95 Å². The first-order chi connectivity index (χ1) is 6.65. The van der Waals surface area contributed by atoms with Gasteiger partial charge in [-0.2, -0.15) is 0 Å². The Bertz CT molecular complexity index is 439. The summed E-state index contributed by atoms with van der Waals surface area (Å²) < 4.78 is 1.83. The molecule has 2 heterocycles. The van der Waals surface area contributed by atoms with Gasteiger partial charge in [-0.1, -0.05) is 0 Å². The quantitative estimate of drug-likeness (QED) is 0.682. The summed E-state index contributed by atoms with van der Waals surface area (Å²) in [5, 5.41) is 0. The first-order valence-electron chi connectivity index (χ1n) is 4.48. The highest BCUT2D eigenvalue weighted by atomic mass is 15.2. The van der Waals surface area contributed by atoms with Crippen LogP contribution >= 0.6 is 0 Å². The molecule has 2 rings (SSSR count). The van der Waals surface area contributed by atoms with Crippen molar-refractivity contribution in [1.29, 1.82) is 0 Å². The molecule has 4 heteroatoms. The molecule has 0 N–H and O–H groups in total.